The summed E-state index contributed by atoms with van der Waals surface area (Å²) in [4.78, 5) is 0. The van der Waals surface area contributed by atoms with Crippen molar-refractivity contribution in [1.29, 1.82) is 0 Å². The van der Waals surface area contributed by atoms with Crippen molar-refractivity contribution in [2.24, 2.45) is 0 Å². The van der Waals surface area contributed by atoms with E-state index in [1.54, 1.807) is 0 Å². The smallest absolute Gasteiger partial charge is 0.368 e. The first-order valence-corrected chi connectivity index (χ1v) is 15.1. The van der Waals surface area contributed by atoms with E-state index in [4.69, 9.17) is 25.4 Å². The zero-order valence-corrected chi connectivity index (χ0v) is 22.9. The molecule has 0 aromatic heterocycles. The molecule has 6 rings (SSSR count). The Morgan fingerprint density at radius 3 is 2.73 bits per heavy atom. The van der Waals surface area contributed by atoms with Gasteiger partial charge in [0.25, 0.3) is 0 Å². The quantitative estimate of drug-likeness (QED) is 0.320. The molecule has 0 bridgehead atoms. The molecule has 1 saturated heterocycles. The molecule has 1 heterocycles. The first-order chi connectivity index (χ1) is 17.7. The summed E-state index contributed by atoms with van der Waals surface area (Å²) in [6, 6.07) is 17.7. The lowest BCUT2D eigenvalue weighted by molar-refractivity contribution is 0.0725. The van der Waals surface area contributed by atoms with Gasteiger partial charge in [-0.2, -0.15) is 0 Å². The van der Waals surface area contributed by atoms with Crippen LogP contribution in [-0.2, 0) is 25.4 Å². The first kappa shape index (κ1) is 25.0. The maximum absolute atomic E-state index is 13.4. The molecule has 2 aliphatic carbocycles. The number of fused-ring (bicyclic) bond motifs is 1. The highest BCUT2D eigenvalue weighted by molar-refractivity contribution is 7.53. The van der Waals surface area contributed by atoms with Gasteiger partial charge in [-0.3, -0.25) is 9.09 Å². The predicted octanol–water partition coefficient (Wildman–Crippen LogP) is 8.19. The van der Waals surface area contributed by atoms with E-state index in [0.29, 0.717) is 35.5 Å². The number of hydrogen-bond donors (Lipinski definition) is 1. The Morgan fingerprint density at radius 1 is 1.11 bits per heavy atom. The van der Waals surface area contributed by atoms with Crippen LogP contribution in [0, 0.1) is 6.92 Å². The largest absolute Gasteiger partial charge is 0.508 e. The molecule has 3 atom stereocenters. The first-order valence-electron chi connectivity index (χ1n) is 13.0. The molecule has 0 spiro atoms. The highest BCUT2D eigenvalue weighted by atomic mass is 35.5. The summed E-state index contributed by atoms with van der Waals surface area (Å²) < 4.78 is 30.9. The molecule has 3 aromatic carbocycles. The maximum Gasteiger partial charge on any atom is 0.368 e. The summed E-state index contributed by atoms with van der Waals surface area (Å²) in [6.07, 6.45) is 4.37. The number of aryl methyl sites for hydroxylation is 2. The van der Waals surface area contributed by atoms with E-state index in [1.165, 1.54) is 16.7 Å². The van der Waals surface area contributed by atoms with Gasteiger partial charge >= 0.3 is 7.60 Å². The lowest BCUT2D eigenvalue weighted by Crippen LogP contribution is -2.17. The van der Waals surface area contributed by atoms with Crippen molar-refractivity contribution in [2.75, 3.05) is 13.0 Å². The average Bonchev–Trinajstić information content (AvgIpc) is 3.47. The SMILES string of the molecule is Cc1cc(OC[P@]2(=O)OCC[C@@H](c3cccc(Cl)c3)O2)cc2c1[C@@H](c1ccc(O)c(C3(C)CC3)c1)CC2. The maximum atomic E-state index is 13.4. The molecular formula is C30H32ClO5P. The topological polar surface area (TPSA) is 65.0 Å². The summed E-state index contributed by atoms with van der Waals surface area (Å²) in [5.41, 5.74) is 7.09. The lowest BCUT2D eigenvalue weighted by atomic mass is 9.86. The summed E-state index contributed by atoms with van der Waals surface area (Å²) in [5.74, 6) is 1.38. The van der Waals surface area contributed by atoms with Crippen LogP contribution in [0.4, 0.5) is 0 Å². The zero-order valence-electron chi connectivity index (χ0n) is 21.2. The average molecular weight is 539 g/mol. The Kier molecular flexibility index (Phi) is 6.40. The second-order valence-electron chi connectivity index (χ2n) is 10.9. The van der Waals surface area contributed by atoms with Crippen molar-refractivity contribution in [3.05, 3.63) is 93.0 Å². The molecule has 37 heavy (non-hydrogen) atoms. The van der Waals surface area contributed by atoms with E-state index in [9.17, 15) is 9.67 Å². The zero-order chi connectivity index (χ0) is 25.8. The number of ether oxygens (including phenoxy) is 1. The van der Waals surface area contributed by atoms with Crippen LogP contribution in [0.3, 0.4) is 0 Å². The Hall–Kier alpha value is -2.30. The van der Waals surface area contributed by atoms with Gasteiger partial charge in [0.1, 0.15) is 11.5 Å². The van der Waals surface area contributed by atoms with Crippen LogP contribution in [-0.4, -0.2) is 18.1 Å². The molecule has 5 nitrogen and oxygen atoms in total. The normalized spacial score (nSPS) is 26.0. The van der Waals surface area contributed by atoms with Crippen LogP contribution >= 0.6 is 19.2 Å². The molecule has 0 unspecified atom stereocenters. The number of rotatable bonds is 6. The second kappa shape index (κ2) is 9.47. The molecule has 0 radical (unpaired) electrons. The van der Waals surface area contributed by atoms with Crippen molar-refractivity contribution in [3.63, 3.8) is 0 Å². The Balaban J connectivity index is 1.18. The summed E-state index contributed by atoms with van der Waals surface area (Å²) in [6.45, 7) is 4.68. The van der Waals surface area contributed by atoms with Gasteiger partial charge in [0.05, 0.1) is 12.7 Å². The van der Waals surface area contributed by atoms with E-state index < -0.39 is 7.60 Å². The van der Waals surface area contributed by atoms with E-state index in [0.717, 1.165) is 42.4 Å². The highest BCUT2D eigenvalue weighted by Crippen LogP contribution is 2.56. The molecule has 1 aliphatic heterocycles. The van der Waals surface area contributed by atoms with Gasteiger partial charge < -0.3 is 14.4 Å². The van der Waals surface area contributed by atoms with Gasteiger partial charge in [-0.05, 0) is 96.2 Å². The Morgan fingerprint density at radius 2 is 1.95 bits per heavy atom. The fraction of sp³-hybridized carbons (Fsp3) is 0.400. The molecule has 7 heteroatoms. The molecule has 194 valence electrons. The molecule has 3 aromatic rings. The highest BCUT2D eigenvalue weighted by Gasteiger charge is 2.41. The standard InChI is InChI=1S/C30H32ClO5P/c1-19-14-24(34-18-37(33)35-13-10-28(36-37)21-4-3-5-23(31)15-21)16-22-6-8-25(29(19)22)20-7-9-27(32)26(17-20)30(2)11-12-30/h3-5,7,9,14-17,25,28,32H,6,8,10-13,18H2,1-2H3/t25-,28+,37+/m1/s1. The molecule has 0 amide bonds. The van der Waals surface area contributed by atoms with Crippen LogP contribution in [0.5, 0.6) is 11.5 Å². The van der Waals surface area contributed by atoms with E-state index in [2.05, 4.69) is 32.0 Å². The van der Waals surface area contributed by atoms with Gasteiger partial charge in [-0.25, -0.2) is 0 Å². The van der Waals surface area contributed by atoms with Gasteiger partial charge in [0, 0.05) is 22.9 Å². The van der Waals surface area contributed by atoms with E-state index in [1.807, 2.05) is 36.4 Å². The molecular weight excluding hydrogens is 507 g/mol. The van der Waals surface area contributed by atoms with E-state index in [-0.39, 0.29) is 17.9 Å². The Bertz CT molecular complexity index is 1400. The van der Waals surface area contributed by atoms with Crippen LogP contribution < -0.4 is 4.74 Å². The predicted molar refractivity (Wildman–Crippen MR) is 145 cm³/mol. The van der Waals surface area contributed by atoms with Crippen LogP contribution in [0.2, 0.25) is 5.02 Å². The molecule has 3 aliphatic rings. The van der Waals surface area contributed by atoms with Crippen LogP contribution in [0.15, 0.2) is 54.6 Å². The van der Waals surface area contributed by atoms with Crippen LogP contribution in [0.25, 0.3) is 0 Å². The number of halogens is 1. The monoisotopic (exact) mass is 538 g/mol. The van der Waals surface area contributed by atoms with Crippen molar-refractivity contribution in [1.82, 2.24) is 0 Å². The fourth-order valence-corrected chi connectivity index (χ4v) is 7.54. The third-order valence-electron chi connectivity index (χ3n) is 8.14. The van der Waals surface area contributed by atoms with Crippen molar-refractivity contribution in [2.45, 2.75) is 63.4 Å². The minimum absolute atomic E-state index is 0.112. The number of benzene rings is 3. The van der Waals surface area contributed by atoms with Gasteiger partial charge in [0.15, 0.2) is 6.35 Å². The number of phenols is 1. The number of hydrogen-bond acceptors (Lipinski definition) is 5. The van der Waals surface area contributed by atoms with Crippen molar-refractivity contribution < 1.29 is 23.5 Å². The third kappa shape index (κ3) is 4.95. The second-order valence-corrected chi connectivity index (χ2v) is 13.3. The minimum atomic E-state index is -3.42. The Labute approximate surface area is 223 Å². The summed E-state index contributed by atoms with van der Waals surface area (Å²) in [5, 5.41) is 11.1. The minimum Gasteiger partial charge on any atom is -0.508 e. The number of aromatic hydroxyl groups is 1. The fourth-order valence-electron chi connectivity index (χ4n) is 5.84. The van der Waals surface area contributed by atoms with Crippen molar-refractivity contribution >= 4 is 19.2 Å². The van der Waals surface area contributed by atoms with Gasteiger partial charge in [-0.15, -0.1) is 0 Å². The molecule has 1 saturated carbocycles. The lowest BCUT2D eigenvalue weighted by Gasteiger charge is -2.30. The van der Waals surface area contributed by atoms with Gasteiger partial charge in [-0.1, -0.05) is 42.8 Å². The van der Waals surface area contributed by atoms with E-state index >= 15 is 0 Å². The number of phenolic OH excluding ortho intramolecular Hbond substituents is 1. The molecule has 1 N–H and O–H groups in total. The summed E-state index contributed by atoms with van der Waals surface area (Å²) in [7, 11) is -3.42. The summed E-state index contributed by atoms with van der Waals surface area (Å²) >= 11 is 6.13. The third-order valence-corrected chi connectivity index (χ3v) is 9.97. The van der Waals surface area contributed by atoms with Crippen LogP contribution in [0.1, 0.15) is 78.0 Å². The van der Waals surface area contributed by atoms with Crippen molar-refractivity contribution in [3.8, 4) is 11.5 Å². The van der Waals surface area contributed by atoms with Gasteiger partial charge in [0.2, 0.25) is 0 Å². The molecule has 2 fully saturated rings.